The van der Waals surface area contributed by atoms with Gasteiger partial charge in [-0.3, -0.25) is 4.79 Å². The van der Waals surface area contributed by atoms with Gasteiger partial charge in [0.1, 0.15) is 0 Å². The van der Waals surface area contributed by atoms with E-state index in [0.29, 0.717) is 18.4 Å². The number of nitrogens with one attached hydrogen (secondary N) is 1. The molecular weight excluding hydrogens is 250 g/mol. The monoisotopic (exact) mass is 273 g/mol. The van der Waals surface area contributed by atoms with Crippen molar-refractivity contribution in [3.05, 3.63) is 0 Å². The molecule has 1 amide bonds. The average molecular weight is 274 g/mol. The molecule has 0 spiro atoms. The fraction of sp³-hybridized carbons (Fsp3) is 0.929. The molecule has 1 aliphatic carbocycles. The number of carbonyl (C=O) groups is 1. The summed E-state index contributed by atoms with van der Waals surface area (Å²) >= 11 is 6.14. The molecule has 0 aromatic heterocycles. The molecular formula is C14H24ClNO2. The molecule has 3 atom stereocenters. The summed E-state index contributed by atoms with van der Waals surface area (Å²) in [5.41, 5.74) is -0.173. The highest BCUT2D eigenvalue weighted by molar-refractivity contribution is 6.18. The number of hydrogen-bond acceptors (Lipinski definition) is 2. The third kappa shape index (κ3) is 3.39. The summed E-state index contributed by atoms with van der Waals surface area (Å²) in [6, 6.07) is 0. The topological polar surface area (TPSA) is 38.3 Å². The van der Waals surface area contributed by atoms with Crippen LogP contribution in [-0.4, -0.2) is 30.5 Å². The highest BCUT2D eigenvalue weighted by Crippen LogP contribution is 2.33. The van der Waals surface area contributed by atoms with Crippen LogP contribution in [0.1, 0.15) is 45.4 Å². The second-order valence-electron chi connectivity index (χ2n) is 6.02. The van der Waals surface area contributed by atoms with Gasteiger partial charge in [0.2, 0.25) is 5.91 Å². The number of carbonyl (C=O) groups excluding carboxylic acids is 1. The highest BCUT2D eigenvalue weighted by Gasteiger charge is 2.37. The van der Waals surface area contributed by atoms with Gasteiger partial charge in [-0.15, -0.1) is 11.6 Å². The number of amides is 1. The lowest BCUT2D eigenvalue weighted by molar-refractivity contribution is -0.131. The summed E-state index contributed by atoms with van der Waals surface area (Å²) in [6.45, 7) is 3.61. The number of halogens is 1. The second-order valence-corrected chi connectivity index (χ2v) is 6.29. The number of rotatable bonds is 3. The Morgan fingerprint density at radius 2 is 2.28 bits per heavy atom. The first-order chi connectivity index (χ1) is 8.65. The molecule has 1 saturated carbocycles. The molecule has 2 fully saturated rings. The van der Waals surface area contributed by atoms with E-state index < -0.39 is 0 Å². The molecule has 2 rings (SSSR count). The minimum atomic E-state index is -0.173. The largest absolute Gasteiger partial charge is 0.381 e. The lowest BCUT2D eigenvalue weighted by Gasteiger charge is -2.40. The van der Waals surface area contributed by atoms with E-state index in [0.717, 1.165) is 38.7 Å². The molecule has 3 unspecified atom stereocenters. The second kappa shape index (κ2) is 6.25. The maximum absolute atomic E-state index is 12.3. The fourth-order valence-electron chi connectivity index (χ4n) is 3.24. The van der Waals surface area contributed by atoms with Crippen molar-refractivity contribution < 1.29 is 9.53 Å². The standard InChI is InChI=1S/C14H24ClNO2/c1-11-4-2-6-14(8-11,10-15)16-13(17)12-5-3-7-18-9-12/h11-12H,2-10H2,1H3,(H,16,17). The molecule has 1 saturated heterocycles. The smallest absolute Gasteiger partial charge is 0.225 e. The zero-order valence-electron chi connectivity index (χ0n) is 11.2. The Morgan fingerprint density at radius 1 is 1.44 bits per heavy atom. The van der Waals surface area contributed by atoms with E-state index in [-0.39, 0.29) is 17.4 Å². The predicted octanol–water partition coefficient (Wildman–Crippen LogP) is 2.72. The molecule has 18 heavy (non-hydrogen) atoms. The zero-order valence-corrected chi connectivity index (χ0v) is 12.0. The fourth-order valence-corrected chi connectivity index (χ4v) is 3.55. The molecule has 1 heterocycles. The van der Waals surface area contributed by atoms with Crippen LogP contribution >= 0.6 is 11.6 Å². The summed E-state index contributed by atoms with van der Waals surface area (Å²) in [4.78, 5) is 12.3. The Labute approximate surface area is 115 Å². The van der Waals surface area contributed by atoms with E-state index in [1.165, 1.54) is 6.42 Å². The van der Waals surface area contributed by atoms with E-state index in [2.05, 4.69) is 12.2 Å². The first-order valence-electron chi connectivity index (χ1n) is 7.11. The van der Waals surface area contributed by atoms with Gasteiger partial charge >= 0.3 is 0 Å². The SMILES string of the molecule is CC1CCCC(CCl)(NC(=O)C2CCCOC2)C1. The van der Waals surface area contributed by atoms with Crippen LogP contribution in [0.25, 0.3) is 0 Å². The molecule has 1 aliphatic heterocycles. The quantitative estimate of drug-likeness (QED) is 0.803. The van der Waals surface area contributed by atoms with E-state index in [1.54, 1.807) is 0 Å². The van der Waals surface area contributed by atoms with Gasteiger partial charge in [0, 0.05) is 12.5 Å². The molecule has 0 aromatic rings. The lowest BCUT2D eigenvalue weighted by atomic mass is 9.77. The molecule has 0 radical (unpaired) electrons. The van der Waals surface area contributed by atoms with Gasteiger partial charge in [-0.25, -0.2) is 0 Å². The van der Waals surface area contributed by atoms with Crippen LogP contribution in [-0.2, 0) is 9.53 Å². The Bertz CT molecular complexity index is 292. The molecule has 4 heteroatoms. The van der Waals surface area contributed by atoms with Crippen molar-refractivity contribution in [1.82, 2.24) is 5.32 Å². The van der Waals surface area contributed by atoms with Crippen LogP contribution < -0.4 is 5.32 Å². The van der Waals surface area contributed by atoms with Crippen molar-refractivity contribution >= 4 is 17.5 Å². The van der Waals surface area contributed by atoms with Crippen LogP contribution in [0.2, 0.25) is 0 Å². The van der Waals surface area contributed by atoms with Gasteiger partial charge in [-0.2, -0.15) is 0 Å². The summed E-state index contributed by atoms with van der Waals surface area (Å²) in [6.07, 6.45) is 6.37. The Balaban J connectivity index is 1.94. The Kier molecular flexibility index (Phi) is 4.91. The molecule has 1 N–H and O–H groups in total. The van der Waals surface area contributed by atoms with Gasteiger partial charge in [-0.05, 0) is 31.6 Å². The van der Waals surface area contributed by atoms with Crippen LogP contribution in [0.4, 0.5) is 0 Å². The van der Waals surface area contributed by atoms with E-state index in [4.69, 9.17) is 16.3 Å². The lowest BCUT2D eigenvalue weighted by Crippen LogP contribution is -2.55. The van der Waals surface area contributed by atoms with Crippen molar-refractivity contribution in [1.29, 1.82) is 0 Å². The number of alkyl halides is 1. The number of hydrogen-bond donors (Lipinski definition) is 1. The van der Waals surface area contributed by atoms with Crippen LogP contribution in [0.3, 0.4) is 0 Å². The summed E-state index contributed by atoms with van der Waals surface area (Å²) < 4.78 is 5.39. The maximum Gasteiger partial charge on any atom is 0.225 e. The number of ether oxygens (including phenoxy) is 1. The zero-order chi connectivity index (χ0) is 13.0. The molecule has 0 aromatic carbocycles. The van der Waals surface area contributed by atoms with Gasteiger partial charge in [0.05, 0.1) is 18.1 Å². The predicted molar refractivity (Wildman–Crippen MR) is 72.8 cm³/mol. The first-order valence-corrected chi connectivity index (χ1v) is 7.64. The minimum absolute atomic E-state index is 0.0241. The Hall–Kier alpha value is -0.280. The van der Waals surface area contributed by atoms with Crippen molar-refractivity contribution in [2.24, 2.45) is 11.8 Å². The highest BCUT2D eigenvalue weighted by atomic mass is 35.5. The summed E-state index contributed by atoms with van der Waals surface area (Å²) in [7, 11) is 0. The molecule has 2 aliphatic rings. The van der Waals surface area contributed by atoms with Crippen molar-refractivity contribution in [2.45, 2.75) is 51.0 Å². The minimum Gasteiger partial charge on any atom is -0.381 e. The normalized spacial score (nSPS) is 37.2. The van der Waals surface area contributed by atoms with Crippen molar-refractivity contribution in [3.8, 4) is 0 Å². The van der Waals surface area contributed by atoms with Gasteiger partial charge in [0.15, 0.2) is 0 Å². The van der Waals surface area contributed by atoms with E-state index in [1.807, 2.05) is 0 Å². The Morgan fingerprint density at radius 3 is 2.89 bits per heavy atom. The molecule has 3 nitrogen and oxygen atoms in total. The van der Waals surface area contributed by atoms with Gasteiger partial charge < -0.3 is 10.1 Å². The van der Waals surface area contributed by atoms with Gasteiger partial charge in [0.25, 0.3) is 0 Å². The van der Waals surface area contributed by atoms with Crippen LogP contribution in [0, 0.1) is 11.8 Å². The van der Waals surface area contributed by atoms with Crippen LogP contribution in [0.5, 0.6) is 0 Å². The summed E-state index contributed by atoms with van der Waals surface area (Å²) in [5.74, 6) is 1.34. The first kappa shape index (κ1) is 14.1. The summed E-state index contributed by atoms with van der Waals surface area (Å²) in [5, 5.41) is 3.23. The van der Waals surface area contributed by atoms with E-state index in [9.17, 15) is 4.79 Å². The van der Waals surface area contributed by atoms with Gasteiger partial charge in [-0.1, -0.05) is 19.8 Å². The van der Waals surface area contributed by atoms with Crippen molar-refractivity contribution in [3.63, 3.8) is 0 Å². The van der Waals surface area contributed by atoms with E-state index >= 15 is 0 Å². The maximum atomic E-state index is 12.3. The van der Waals surface area contributed by atoms with Crippen molar-refractivity contribution in [2.75, 3.05) is 19.1 Å². The molecule has 104 valence electrons. The third-order valence-corrected chi connectivity index (χ3v) is 4.78. The third-order valence-electron chi connectivity index (χ3n) is 4.27. The van der Waals surface area contributed by atoms with Crippen LogP contribution in [0.15, 0.2) is 0 Å². The average Bonchev–Trinajstić information content (AvgIpc) is 2.39. The molecule has 0 bridgehead atoms.